The maximum absolute atomic E-state index is 12.2. The lowest BCUT2D eigenvalue weighted by molar-refractivity contribution is -0.136. The molecule has 1 unspecified atom stereocenters. The molecule has 1 aliphatic rings. The molecule has 5 aromatic carbocycles. The van der Waals surface area contributed by atoms with Crippen molar-refractivity contribution in [3.63, 3.8) is 0 Å². The van der Waals surface area contributed by atoms with E-state index in [9.17, 15) is 9.59 Å². The number of aromatic nitrogens is 1. The second kappa shape index (κ2) is 12.5. The third-order valence-corrected chi connectivity index (χ3v) is 8.13. The van der Waals surface area contributed by atoms with Crippen molar-refractivity contribution >= 4 is 67.4 Å². The minimum absolute atomic E-state index is 0.194. The summed E-state index contributed by atoms with van der Waals surface area (Å²) in [6.07, 6.45) is 3.26. The van der Waals surface area contributed by atoms with Crippen molar-refractivity contribution in [3.05, 3.63) is 126 Å². The number of anilines is 2. The van der Waals surface area contributed by atoms with E-state index in [1.54, 1.807) is 24.3 Å². The number of nitrogens with one attached hydrogen (secondary N) is 2. The van der Waals surface area contributed by atoms with Gasteiger partial charge >= 0.3 is 12.0 Å². The van der Waals surface area contributed by atoms with Crippen LogP contribution < -0.4 is 10.6 Å². The summed E-state index contributed by atoms with van der Waals surface area (Å²) in [6, 6.07) is 35.1. The van der Waals surface area contributed by atoms with Gasteiger partial charge in [-0.15, -0.1) is 11.6 Å². The van der Waals surface area contributed by atoms with E-state index >= 15 is 0 Å². The molecule has 1 atom stereocenters. The molecule has 6 nitrogen and oxygen atoms in total. The molecule has 1 aliphatic carbocycles. The van der Waals surface area contributed by atoms with Gasteiger partial charge in [0.1, 0.15) is 0 Å². The van der Waals surface area contributed by atoms with Gasteiger partial charge in [-0.2, -0.15) is 0 Å². The van der Waals surface area contributed by atoms with E-state index in [4.69, 9.17) is 16.7 Å². The average Bonchev–Trinajstić information content (AvgIpc) is 3.01. The van der Waals surface area contributed by atoms with Crippen LogP contribution >= 0.6 is 11.6 Å². The number of amides is 2. The van der Waals surface area contributed by atoms with E-state index in [1.807, 2.05) is 36.4 Å². The first kappa shape index (κ1) is 28.2. The van der Waals surface area contributed by atoms with Crippen molar-refractivity contribution in [1.82, 2.24) is 4.98 Å². The third-order valence-electron chi connectivity index (χ3n) is 7.68. The number of urea groups is 1. The first-order valence-corrected chi connectivity index (χ1v) is 14.7. The lowest BCUT2D eigenvalue weighted by Crippen LogP contribution is -2.20. The Kier molecular flexibility index (Phi) is 8.20. The molecule has 0 fully saturated rings. The van der Waals surface area contributed by atoms with Crippen LogP contribution in [0.25, 0.3) is 32.4 Å². The smallest absolute Gasteiger partial charge is 0.323 e. The van der Waals surface area contributed by atoms with E-state index in [2.05, 4.69) is 64.1 Å². The number of carboxylic acids is 1. The van der Waals surface area contributed by atoms with Gasteiger partial charge in [0, 0.05) is 11.1 Å². The number of rotatable bonds is 4. The number of hydrogen-bond donors (Lipinski definition) is 3. The minimum Gasteiger partial charge on any atom is -0.481 e. The predicted octanol–water partition coefficient (Wildman–Crippen LogP) is 9.12. The van der Waals surface area contributed by atoms with E-state index in [0.717, 1.165) is 18.2 Å². The van der Waals surface area contributed by atoms with Crippen molar-refractivity contribution in [2.45, 2.75) is 31.1 Å². The van der Waals surface area contributed by atoms with Crippen LogP contribution in [0.4, 0.5) is 16.2 Å². The number of hydrogen-bond acceptors (Lipinski definition) is 3. The summed E-state index contributed by atoms with van der Waals surface area (Å²) >= 11 is 6.47. The van der Waals surface area contributed by atoms with Gasteiger partial charge in [-0.25, -0.2) is 4.79 Å². The highest BCUT2D eigenvalue weighted by molar-refractivity contribution is 6.21. The fraction of sp³-hybridized carbons (Fsp3) is 0.139. The summed E-state index contributed by atoms with van der Waals surface area (Å²) in [4.78, 5) is 27.5. The lowest BCUT2D eigenvalue weighted by atomic mass is 9.86. The maximum atomic E-state index is 12.2. The van der Waals surface area contributed by atoms with Crippen LogP contribution in [0, 0.1) is 0 Å². The highest BCUT2D eigenvalue weighted by Gasteiger charge is 2.20. The molecule has 1 heterocycles. The monoisotopic (exact) mass is 587 g/mol. The molecule has 214 valence electrons. The fourth-order valence-corrected chi connectivity index (χ4v) is 6.10. The van der Waals surface area contributed by atoms with Crippen molar-refractivity contribution in [1.29, 1.82) is 0 Å². The Morgan fingerprint density at radius 1 is 0.791 bits per heavy atom. The van der Waals surface area contributed by atoms with Gasteiger partial charge < -0.3 is 15.7 Å². The molecular weight excluding hydrogens is 558 g/mol. The first-order valence-electron chi connectivity index (χ1n) is 14.3. The van der Waals surface area contributed by atoms with Crippen molar-refractivity contribution in [2.24, 2.45) is 0 Å². The van der Waals surface area contributed by atoms with Crippen molar-refractivity contribution in [2.75, 3.05) is 10.6 Å². The highest BCUT2D eigenvalue weighted by atomic mass is 35.5. The molecular formula is C36H30ClN3O3. The second-order valence-corrected chi connectivity index (χ2v) is 11.1. The number of carboxylic acid groups (broad SMARTS) is 1. The Morgan fingerprint density at radius 2 is 1.51 bits per heavy atom. The Labute approximate surface area is 254 Å². The molecule has 0 saturated carbocycles. The molecule has 0 spiro atoms. The summed E-state index contributed by atoms with van der Waals surface area (Å²) in [5, 5.41) is 20.8. The summed E-state index contributed by atoms with van der Waals surface area (Å²) in [6.45, 7) is 0. The molecule has 0 aliphatic heterocycles. The van der Waals surface area contributed by atoms with Crippen LogP contribution in [0.1, 0.15) is 35.0 Å². The largest absolute Gasteiger partial charge is 0.481 e. The van der Waals surface area contributed by atoms with E-state index in [1.165, 1.54) is 39.1 Å². The number of para-hydroxylation sites is 2. The van der Waals surface area contributed by atoms with E-state index in [-0.39, 0.29) is 11.8 Å². The molecule has 43 heavy (non-hydrogen) atoms. The normalized spacial score (nSPS) is 14.0. The van der Waals surface area contributed by atoms with Gasteiger partial charge in [0.25, 0.3) is 0 Å². The van der Waals surface area contributed by atoms with Gasteiger partial charge in [0.2, 0.25) is 0 Å². The third kappa shape index (κ3) is 6.30. The molecule has 2 amide bonds. The average molecular weight is 588 g/mol. The van der Waals surface area contributed by atoms with Gasteiger partial charge in [-0.05, 0) is 76.2 Å². The Balaban J connectivity index is 0.000000157. The number of benzene rings is 5. The standard InChI is InChI=1S/C18H15Cl.C18H15N3O3/c19-18-7-3-6-14-16-9-8-12-4-1-2-5-13(12)15(16)10-11-17(14)18;22-17(23)11-13-10-16(14-8-4-5-9-15(14)19-13)21-18(24)20-12-6-2-1-3-7-12/h1-2,4-5,8-11,18H,3,6-7H2;1-10H,11H2,(H,22,23)(H2,19,20,21,24). The molecule has 1 aromatic heterocycles. The molecule has 0 radical (unpaired) electrons. The molecule has 7 rings (SSSR count). The number of aliphatic carboxylic acids is 1. The van der Waals surface area contributed by atoms with Crippen molar-refractivity contribution in [3.8, 4) is 0 Å². The molecule has 0 bridgehead atoms. The van der Waals surface area contributed by atoms with Crippen LogP contribution in [-0.4, -0.2) is 22.1 Å². The van der Waals surface area contributed by atoms with Gasteiger partial charge in [0.15, 0.2) is 0 Å². The molecule has 7 heteroatoms. The number of halogens is 1. The van der Waals surface area contributed by atoms with Gasteiger partial charge in [-0.3, -0.25) is 9.78 Å². The summed E-state index contributed by atoms with van der Waals surface area (Å²) in [5.74, 6) is -0.975. The van der Waals surface area contributed by atoms with E-state index in [0.29, 0.717) is 22.6 Å². The number of nitrogens with zero attached hydrogens (tertiary/aromatic N) is 1. The highest BCUT2D eigenvalue weighted by Crippen LogP contribution is 2.39. The zero-order valence-electron chi connectivity index (χ0n) is 23.4. The van der Waals surface area contributed by atoms with Crippen LogP contribution in [0.3, 0.4) is 0 Å². The lowest BCUT2D eigenvalue weighted by Gasteiger charge is -2.22. The maximum Gasteiger partial charge on any atom is 0.323 e. The fourth-order valence-electron chi connectivity index (χ4n) is 5.74. The SMILES string of the molecule is ClC1CCCc2c1ccc1c2ccc2ccccc21.O=C(O)Cc1cc(NC(=O)Nc2ccccc2)c2ccccc2n1. The zero-order chi connectivity index (χ0) is 29.8. The van der Waals surface area contributed by atoms with Crippen LogP contribution in [0.15, 0.2) is 109 Å². The summed E-state index contributed by atoms with van der Waals surface area (Å²) in [7, 11) is 0. The van der Waals surface area contributed by atoms with Gasteiger partial charge in [-0.1, -0.05) is 84.9 Å². The second-order valence-electron chi connectivity index (χ2n) is 10.6. The minimum atomic E-state index is -0.975. The Hall–Kier alpha value is -4.94. The van der Waals surface area contributed by atoms with Crippen LogP contribution in [0.5, 0.6) is 0 Å². The number of alkyl halides is 1. The number of carbonyl (C=O) groups is 2. The number of pyridine rings is 1. The molecule has 3 N–H and O–H groups in total. The van der Waals surface area contributed by atoms with Crippen molar-refractivity contribution < 1.29 is 14.7 Å². The topological polar surface area (TPSA) is 91.3 Å². The first-order chi connectivity index (χ1) is 21.0. The molecule has 0 saturated heterocycles. The number of carbonyl (C=O) groups excluding carboxylic acids is 1. The quantitative estimate of drug-likeness (QED) is 0.142. The number of fused-ring (bicyclic) bond motifs is 6. The predicted molar refractivity (Wildman–Crippen MR) is 175 cm³/mol. The van der Waals surface area contributed by atoms with Crippen LogP contribution in [0.2, 0.25) is 0 Å². The molecule has 6 aromatic rings. The Bertz CT molecular complexity index is 1960. The zero-order valence-corrected chi connectivity index (χ0v) is 24.1. The van der Waals surface area contributed by atoms with E-state index < -0.39 is 12.0 Å². The van der Waals surface area contributed by atoms with Gasteiger partial charge in [0.05, 0.1) is 28.7 Å². The van der Waals surface area contributed by atoms with Crippen LogP contribution in [-0.2, 0) is 17.6 Å². The Morgan fingerprint density at radius 3 is 2.33 bits per heavy atom. The summed E-state index contributed by atoms with van der Waals surface area (Å²) < 4.78 is 0. The summed E-state index contributed by atoms with van der Waals surface area (Å²) in [5.41, 5.74) is 5.01. The number of aryl methyl sites for hydroxylation is 1.